The van der Waals surface area contributed by atoms with Crippen LogP contribution in [0.15, 0.2) is 46.9 Å². The van der Waals surface area contributed by atoms with Gasteiger partial charge in [-0.15, -0.1) is 0 Å². The van der Waals surface area contributed by atoms with Crippen LogP contribution in [0.25, 0.3) is 0 Å². The van der Waals surface area contributed by atoms with Gasteiger partial charge < -0.3 is 10.5 Å². The first-order valence-corrected chi connectivity index (χ1v) is 7.70. The molecule has 0 bridgehead atoms. The zero-order chi connectivity index (χ0) is 15.2. The van der Waals surface area contributed by atoms with Gasteiger partial charge in [0.1, 0.15) is 5.75 Å². The second kappa shape index (κ2) is 7.59. The molecule has 0 aromatic heterocycles. The van der Waals surface area contributed by atoms with E-state index in [0.717, 1.165) is 28.9 Å². The lowest BCUT2D eigenvalue weighted by Crippen LogP contribution is -2.17. The molecule has 2 aromatic carbocycles. The maximum atomic E-state index is 5.77. The Morgan fingerprint density at radius 1 is 1.05 bits per heavy atom. The van der Waals surface area contributed by atoms with Crippen molar-refractivity contribution in [3.63, 3.8) is 0 Å². The molecular weight excluding hydrogens is 328 g/mol. The predicted molar refractivity (Wildman–Crippen MR) is 90.2 cm³/mol. The molecule has 0 saturated carbocycles. The third-order valence-electron chi connectivity index (χ3n) is 3.38. The van der Waals surface area contributed by atoms with Gasteiger partial charge in [0.2, 0.25) is 0 Å². The van der Waals surface area contributed by atoms with Gasteiger partial charge in [-0.25, -0.2) is 0 Å². The highest BCUT2D eigenvalue weighted by molar-refractivity contribution is 9.10. The zero-order valence-corrected chi connectivity index (χ0v) is 14.1. The van der Waals surface area contributed by atoms with Gasteiger partial charge in [-0.1, -0.05) is 34.1 Å². The Morgan fingerprint density at radius 3 is 2.29 bits per heavy atom. The van der Waals surface area contributed by atoms with Crippen LogP contribution >= 0.6 is 15.9 Å². The van der Waals surface area contributed by atoms with Crippen molar-refractivity contribution >= 4 is 15.9 Å². The molecule has 2 aromatic rings. The fourth-order valence-corrected chi connectivity index (χ4v) is 2.62. The van der Waals surface area contributed by atoms with Crippen LogP contribution in [0.5, 0.6) is 5.75 Å². The van der Waals surface area contributed by atoms with E-state index < -0.39 is 0 Å². The first-order chi connectivity index (χ1) is 10.1. The largest absolute Gasteiger partial charge is 0.496 e. The van der Waals surface area contributed by atoms with Crippen LogP contribution in [0, 0.1) is 0 Å². The maximum Gasteiger partial charge on any atom is 0.123 e. The Morgan fingerprint density at radius 2 is 1.67 bits per heavy atom. The topological polar surface area (TPSA) is 38.5 Å². The number of nitrogens with zero attached hydrogens (tertiary/aromatic N) is 1. The van der Waals surface area contributed by atoms with E-state index >= 15 is 0 Å². The molecule has 0 amide bonds. The molecule has 2 rings (SSSR count). The number of ether oxygens (including phenoxy) is 1. The number of hydrogen-bond acceptors (Lipinski definition) is 3. The molecule has 112 valence electrons. The minimum absolute atomic E-state index is 0.493. The van der Waals surface area contributed by atoms with E-state index in [4.69, 9.17) is 10.5 Å². The number of rotatable bonds is 6. The fraction of sp³-hybridized carbons (Fsp3) is 0.294. The summed E-state index contributed by atoms with van der Waals surface area (Å²) in [4.78, 5) is 2.28. The lowest BCUT2D eigenvalue weighted by atomic mass is 10.1. The summed E-state index contributed by atoms with van der Waals surface area (Å²) >= 11 is 3.46. The molecule has 4 heteroatoms. The van der Waals surface area contributed by atoms with Crippen LogP contribution < -0.4 is 10.5 Å². The van der Waals surface area contributed by atoms with Crippen molar-refractivity contribution in [3.05, 3.63) is 63.6 Å². The molecule has 0 radical (unpaired) electrons. The lowest BCUT2D eigenvalue weighted by Gasteiger charge is -2.18. The van der Waals surface area contributed by atoms with Gasteiger partial charge in [0, 0.05) is 29.7 Å². The summed E-state index contributed by atoms with van der Waals surface area (Å²) in [6.45, 7) is 2.29. The highest BCUT2D eigenvalue weighted by Crippen LogP contribution is 2.20. The highest BCUT2D eigenvalue weighted by Gasteiger charge is 2.06. The van der Waals surface area contributed by atoms with E-state index in [0.29, 0.717) is 6.54 Å². The number of methoxy groups -OCH3 is 1. The van der Waals surface area contributed by atoms with E-state index in [1.54, 1.807) is 7.11 Å². The molecule has 0 spiro atoms. The van der Waals surface area contributed by atoms with Crippen molar-refractivity contribution in [2.75, 3.05) is 14.2 Å². The van der Waals surface area contributed by atoms with Gasteiger partial charge >= 0.3 is 0 Å². The Labute approximate surface area is 134 Å². The standard InChI is InChI=1S/C17H21BrN2O/c1-20(11-13-3-6-16(18)7-4-13)12-14-5-8-17(21-2)15(9-14)10-19/h3-9H,10-12,19H2,1-2H3. The van der Waals surface area contributed by atoms with Gasteiger partial charge in [0.25, 0.3) is 0 Å². The van der Waals surface area contributed by atoms with Gasteiger partial charge in [0.15, 0.2) is 0 Å². The van der Waals surface area contributed by atoms with Crippen LogP contribution in [-0.4, -0.2) is 19.1 Å². The molecule has 3 nitrogen and oxygen atoms in total. The number of hydrogen-bond donors (Lipinski definition) is 1. The van der Waals surface area contributed by atoms with E-state index in [1.165, 1.54) is 11.1 Å². The molecule has 0 aliphatic rings. The zero-order valence-electron chi connectivity index (χ0n) is 12.5. The number of halogens is 1. The molecule has 21 heavy (non-hydrogen) atoms. The molecule has 0 aliphatic carbocycles. The van der Waals surface area contributed by atoms with Crippen LogP contribution in [0.1, 0.15) is 16.7 Å². The predicted octanol–water partition coefficient (Wildman–Crippen LogP) is 3.55. The second-order valence-corrected chi connectivity index (χ2v) is 6.06. The van der Waals surface area contributed by atoms with Gasteiger partial charge in [0.05, 0.1) is 7.11 Å². The van der Waals surface area contributed by atoms with E-state index in [1.807, 2.05) is 6.07 Å². The first kappa shape index (κ1) is 16.0. The van der Waals surface area contributed by atoms with Crippen molar-refractivity contribution in [1.29, 1.82) is 0 Å². The molecule has 0 fully saturated rings. The molecule has 0 saturated heterocycles. The fourth-order valence-electron chi connectivity index (χ4n) is 2.36. The minimum Gasteiger partial charge on any atom is -0.496 e. The summed E-state index contributed by atoms with van der Waals surface area (Å²) in [5.74, 6) is 0.858. The normalized spacial score (nSPS) is 10.9. The summed E-state index contributed by atoms with van der Waals surface area (Å²) in [5.41, 5.74) is 9.36. The van der Waals surface area contributed by atoms with Crippen molar-refractivity contribution in [3.8, 4) is 5.75 Å². The molecule has 0 heterocycles. The van der Waals surface area contributed by atoms with Crippen LogP contribution in [0.3, 0.4) is 0 Å². The molecule has 0 unspecified atom stereocenters. The summed E-state index contributed by atoms with van der Waals surface area (Å²) < 4.78 is 6.41. The van der Waals surface area contributed by atoms with Gasteiger partial charge in [-0.05, 0) is 42.4 Å². The van der Waals surface area contributed by atoms with Crippen LogP contribution in [0.2, 0.25) is 0 Å². The Kier molecular flexibility index (Phi) is 5.79. The molecule has 0 aliphatic heterocycles. The van der Waals surface area contributed by atoms with Gasteiger partial charge in [-0.2, -0.15) is 0 Å². The van der Waals surface area contributed by atoms with E-state index in [-0.39, 0.29) is 0 Å². The summed E-state index contributed by atoms with van der Waals surface area (Å²) in [7, 11) is 3.79. The van der Waals surface area contributed by atoms with Crippen molar-refractivity contribution in [2.24, 2.45) is 5.73 Å². The Bertz CT molecular complexity index is 584. The summed E-state index contributed by atoms with van der Waals surface area (Å²) in [5, 5.41) is 0. The van der Waals surface area contributed by atoms with Crippen molar-refractivity contribution < 1.29 is 4.74 Å². The summed E-state index contributed by atoms with van der Waals surface area (Å²) in [6.07, 6.45) is 0. The second-order valence-electron chi connectivity index (χ2n) is 5.15. The quantitative estimate of drug-likeness (QED) is 0.867. The Balaban J connectivity index is 2.02. The molecule has 0 atom stereocenters. The summed E-state index contributed by atoms with van der Waals surface area (Å²) in [6, 6.07) is 14.6. The highest BCUT2D eigenvalue weighted by atomic mass is 79.9. The Hall–Kier alpha value is -1.36. The third kappa shape index (κ3) is 4.56. The number of benzene rings is 2. The van der Waals surface area contributed by atoms with Crippen molar-refractivity contribution in [1.82, 2.24) is 4.90 Å². The smallest absolute Gasteiger partial charge is 0.123 e. The molecular formula is C17H21BrN2O. The van der Waals surface area contributed by atoms with Gasteiger partial charge in [-0.3, -0.25) is 4.90 Å². The van der Waals surface area contributed by atoms with E-state index in [9.17, 15) is 0 Å². The van der Waals surface area contributed by atoms with Crippen LogP contribution in [0.4, 0.5) is 0 Å². The third-order valence-corrected chi connectivity index (χ3v) is 3.91. The SMILES string of the molecule is COc1ccc(CN(C)Cc2ccc(Br)cc2)cc1CN. The average molecular weight is 349 g/mol. The molecule has 2 N–H and O–H groups in total. The lowest BCUT2D eigenvalue weighted by molar-refractivity contribution is 0.318. The van der Waals surface area contributed by atoms with Crippen LogP contribution in [-0.2, 0) is 19.6 Å². The number of nitrogens with two attached hydrogens (primary N) is 1. The average Bonchev–Trinajstić information content (AvgIpc) is 2.49. The maximum absolute atomic E-state index is 5.77. The van der Waals surface area contributed by atoms with E-state index in [2.05, 4.69) is 64.3 Å². The van der Waals surface area contributed by atoms with Crippen molar-refractivity contribution in [2.45, 2.75) is 19.6 Å². The monoisotopic (exact) mass is 348 g/mol. The first-order valence-electron chi connectivity index (χ1n) is 6.91. The minimum atomic E-state index is 0.493.